The van der Waals surface area contributed by atoms with Gasteiger partial charge in [-0.1, -0.05) is 51.2 Å². The summed E-state index contributed by atoms with van der Waals surface area (Å²) in [5.41, 5.74) is 0. The number of allylic oxidation sites excluding steroid dienone is 2. The number of hydrogen-bond acceptors (Lipinski definition) is 5. The second-order valence-corrected chi connectivity index (χ2v) is 9.64. The molecule has 1 aliphatic heterocycles. The zero-order chi connectivity index (χ0) is 21.5. The average Bonchev–Trinajstić information content (AvgIpc) is 3.26. The number of methoxy groups -OCH3 is 1. The van der Waals surface area contributed by atoms with E-state index in [0.29, 0.717) is 12.8 Å². The fourth-order valence-corrected chi connectivity index (χ4v) is 5.51. The Labute approximate surface area is 181 Å². The summed E-state index contributed by atoms with van der Waals surface area (Å²) in [4.78, 5) is 11.2. The van der Waals surface area contributed by atoms with Crippen molar-refractivity contribution in [3.63, 3.8) is 0 Å². The highest BCUT2D eigenvalue weighted by Crippen LogP contribution is 2.45. The lowest BCUT2D eigenvalue weighted by Gasteiger charge is -2.26. The number of carbonyl (C=O) groups is 1. The Morgan fingerprint density at radius 3 is 2.80 bits per heavy atom. The number of fused-ring (bicyclic) bond motifs is 1. The molecule has 0 aromatic carbocycles. The minimum atomic E-state index is -0.450. The van der Waals surface area contributed by atoms with Crippen LogP contribution in [0, 0.1) is 23.7 Å². The van der Waals surface area contributed by atoms with Gasteiger partial charge in [0.25, 0.3) is 0 Å². The Balaban J connectivity index is 1.47. The van der Waals surface area contributed by atoms with E-state index in [1.165, 1.54) is 39.2 Å². The summed E-state index contributed by atoms with van der Waals surface area (Å²) >= 11 is 0. The number of esters is 1. The molecule has 1 heterocycles. The first-order valence-corrected chi connectivity index (χ1v) is 11.9. The molecule has 1 unspecified atom stereocenters. The van der Waals surface area contributed by atoms with Gasteiger partial charge >= 0.3 is 5.97 Å². The number of aliphatic hydroxyl groups excluding tert-OH is 2. The van der Waals surface area contributed by atoms with Crippen LogP contribution in [0.1, 0.15) is 77.6 Å². The molecule has 170 valence electrons. The Morgan fingerprint density at radius 1 is 1.30 bits per heavy atom. The van der Waals surface area contributed by atoms with Gasteiger partial charge in [0, 0.05) is 31.1 Å². The molecule has 0 aromatic rings. The predicted octanol–water partition coefficient (Wildman–Crippen LogP) is 4.52. The van der Waals surface area contributed by atoms with Gasteiger partial charge in [-0.2, -0.15) is 0 Å². The van der Waals surface area contributed by atoms with Crippen molar-refractivity contribution in [1.29, 1.82) is 0 Å². The maximum atomic E-state index is 11.2. The van der Waals surface area contributed by atoms with Crippen LogP contribution in [0.5, 0.6) is 0 Å². The van der Waals surface area contributed by atoms with Crippen LogP contribution in [0.3, 0.4) is 0 Å². The van der Waals surface area contributed by atoms with Crippen LogP contribution in [0.15, 0.2) is 24.0 Å². The number of rotatable bonds is 9. The molecule has 0 spiro atoms. The summed E-state index contributed by atoms with van der Waals surface area (Å²) in [5, 5.41) is 21.2. The summed E-state index contributed by atoms with van der Waals surface area (Å²) in [5.74, 6) is 2.11. The van der Waals surface area contributed by atoms with Crippen molar-refractivity contribution < 1.29 is 24.5 Å². The van der Waals surface area contributed by atoms with E-state index in [2.05, 4.69) is 17.7 Å². The number of ether oxygens (including phenoxy) is 2. The second-order valence-electron chi connectivity index (χ2n) is 9.64. The fraction of sp³-hybridized carbons (Fsp3) is 0.800. The van der Waals surface area contributed by atoms with Crippen molar-refractivity contribution >= 4 is 5.97 Å². The molecule has 3 fully saturated rings. The van der Waals surface area contributed by atoms with Gasteiger partial charge < -0.3 is 19.7 Å². The lowest BCUT2D eigenvalue weighted by Crippen LogP contribution is -2.22. The van der Waals surface area contributed by atoms with Crippen molar-refractivity contribution in [3.8, 4) is 0 Å². The highest BCUT2D eigenvalue weighted by molar-refractivity contribution is 5.69. The van der Waals surface area contributed by atoms with Gasteiger partial charge in [-0.25, -0.2) is 0 Å². The van der Waals surface area contributed by atoms with Gasteiger partial charge in [0.2, 0.25) is 0 Å². The molecule has 0 aromatic heterocycles. The quantitative estimate of drug-likeness (QED) is 0.326. The van der Waals surface area contributed by atoms with Gasteiger partial charge in [-0.15, -0.1) is 0 Å². The monoisotopic (exact) mass is 420 g/mol. The van der Waals surface area contributed by atoms with Crippen molar-refractivity contribution in [3.05, 3.63) is 24.0 Å². The fourth-order valence-electron chi connectivity index (χ4n) is 5.51. The minimum Gasteiger partial charge on any atom is -0.495 e. The van der Waals surface area contributed by atoms with E-state index < -0.39 is 12.2 Å². The van der Waals surface area contributed by atoms with Gasteiger partial charge in [-0.3, -0.25) is 4.79 Å². The number of aliphatic hydroxyl groups is 2. The van der Waals surface area contributed by atoms with E-state index in [1.54, 1.807) is 0 Å². The SMILES string of the molecule is COC(=O)CCC/C=C1/C[C@@H]2[C@@H](/C=C/[C@@H](O)C(C)CC3CCCCC3)[C@H](O)C[C@H]2O1. The van der Waals surface area contributed by atoms with E-state index in [-0.39, 0.29) is 29.8 Å². The molecule has 5 nitrogen and oxygen atoms in total. The average molecular weight is 421 g/mol. The molecule has 0 amide bonds. The Hall–Kier alpha value is -1.33. The maximum absolute atomic E-state index is 11.2. The van der Waals surface area contributed by atoms with Crippen LogP contribution >= 0.6 is 0 Å². The van der Waals surface area contributed by atoms with Crippen molar-refractivity contribution in [2.75, 3.05) is 7.11 Å². The second kappa shape index (κ2) is 11.3. The first-order valence-electron chi connectivity index (χ1n) is 11.9. The highest BCUT2D eigenvalue weighted by atomic mass is 16.5. The largest absolute Gasteiger partial charge is 0.495 e. The lowest BCUT2D eigenvalue weighted by atomic mass is 9.81. The Kier molecular flexibility index (Phi) is 8.82. The molecule has 5 heteroatoms. The van der Waals surface area contributed by atoms with E-state index in [0.717, 1.165) is 37.4 Å². The van der Waals surface area contributed by atoms with E-state index >= 15 is 0 Å². The first kappa shape index (κ1) is 23.3. The molecule has 30 heavy (non-hydrogen) atoms. The lowest BCUT2D eigenvalue weighted by molar-refractivity contribution is -0.140. The maximum Gasteiger partial charge on any atom is 0.305 e. The molecule has 2 aliphatic carbocycles. The normalized spacial score (nSPS) is 32.9. The third kappa shape index (κ3) is 6.34. The molecular weight excluding hydrogens is 380 g/mol. The highest BCUT2D eigenvalue weighted by Gasteiger charge is 2.47. The van der Waals surface area contributed by atoms with E-state index in [9.17, 15) is 15.0 Å². The molecule has 2 saturated carbocycles. The van der Waals surface area contributed by atoms with Crippen molar-refractivity contribution in [2.24, 2.45) is 23.7 Å². The molecule has 2 N–H and O–H groups in total. The zero-order valence-corrected chi connectivity index (χ0v) is 18.7. The van der Waals surface area contributed by atoms with E-state index in [4.69, 9.17) is 4.74 Å². The first-order chi connectivity index (χ1) is 14.5. The zero-order valence-electron chi connectivity index (χ0n) is 18.7. The van der Waals surface area contributed by atoms with Crippen LogP contribution in [0.25, 0.3) is 0 Å². The summed E-state index contributed by atoms with van der Waals surface area (Å²) in [6, 6.07) is 0. The topological polar surface area (TPSA) is 76.0 Å². The van der Waals surface area contributed by atoms with Gasteiger partial charge in [0.15, 0.2) is 0 Å². The molecule has 0 radical (unpaired) electrons. The van der Waals surface area contributed by atoms with Crippen LogP contribution in [-0.2, 0) is 14.3 Å². The number of carbonyl (C=O) groups excluding carboxylic acids is 1. The van der Waals surface area contributed by atoms with Crippen molar-refractivity contribution in [1.82, 2.24) is 0 Å². The minimum absolute atomic E-state index is 0.0347. The third-order valence-electron chi connectivity index (χ3n) is 7.36. The molecule has 6 atom stereocenters. The van der Waals surface area contributed by atoms with Gasteiger partial charge in [0.1, 0.15) is 6.10 Å². The van der Waals surface area contributed by atoms with Crippen molar-refractivity contribution in [2.45, 2.75) is 95.9 Å². The number of unbranched alkanes of at least 4 members (excludes halogenated alkanes) is 1. The summed E-state index contributed by atoms with van der Waals surface area (Å²) < 4.78 is 10.7. The van der Waals surface area contributed by atoms with Crippen LogP contribution in [-0.4, -0.2) is 41.6 Å². The Morgan fingerprint density at radius 2 is 2.07 bits per heavy atom. The van der Waals surface area contributed by atoms with Gasteiger partial charge in [0.05, 0.1) is 25.1 Å². The molecular formula is C25H40O5. The molecule has 3 aliphatic rings. The van der Waals surface area contributed by atoms with E-state index in [1.807, 2.05) is 12.2 Å². The molecule has 3 rings (SSSR count). The van der Waals surface area contributed by atoms with Crippen LogP contribution < -0.4 is 0 Å². The molecule has 0 bridgehead atoms. The smallest absolute Gasteiger partial charge is 0.305 e. The third-order valence-corrected chi connectivity index (χ3v) is 7.36. The van der Waals surface area contributed by atoms with Crippen LogP contribution in [0.2, 0.25) is 0 Å². The van der Waals surface area contributed by atoms with Gasteiger partial charge in [-0.05, 0) is 37.2 Å². The summed E-state index contributed by atoms with van der Waals surface area (Å²) in [6.07, 6.45) is 16.4. The summed E-state index contributed by atoms with van der Waals surface area (Å²) in [6.45, 7) is 2.14. The molecule has 1 saturated heterocycles. The standard InChI is InChI=1S/C25H40O5/c1-17(14-18-8-4-3-5-9-18)22(26)13-12-20-21-15-19(30-24(21)16-23(20)27)10-6-7-11-25(28)29-2/h10,12-13,17-18,20-24,26-27H,3-9,11,14-16H2,1-2H3/b13-12+,19-10-/t17?,20-,21-,22-,23-,24-/m1/s1. The Bertz CT molecular complexity index is 607. The van der Waals surface area contributed by atoms with Crippen LogP contribution in [0.4, 0.5) is 0 Å². The number of hydrogen-bond donors (Lipinski definition) is 2. The summed E-state index contributed by atoms with van der Waals surface area (Å²) in [7, 11) is 1.41. The predicted molar refractivity (Wildman–Crippen MR) is 117 cm³/mol.